The van der Waals surface area contributed by atoms with Crippen molar-refractivity contribution in [3.8, 4) is 5.75 Å². The summed E-state index contributed by atoms with van der Waals surface area (Å²) in [7, 11) is 0. The fraction of sp³-hybridized carbons (Fsp3) is 0.167. The molecular weight excluding hydrogens is 219 g/mol. The molecule has 0 atom stereocenters. The highest BCUT2D eigenvalue weighted by molar-refractivity contribution is 6.32. The molecule has 0 aromatic carbocycles. The first-order valence-electron chi connectivity index (χ1n) is 3.13. The molecule has 0 spiro atoms. The van der Waals surface area contributed by atoms with E-state index in [4.69, 9.17) is 33.0 Å². The van der Waals surface area contributed by atoms with Crippen LogP contribution in [0.5, 0.6) is 5.75 Å². The lowest BCUT2D eigenvalue weighted by molar-refractivity contribution is -0.139. The van der Waals surface area contributed by atoms with Crippen molar-refractivity contribution in [3.63, 3.8) is 0 Å². The average Bonchev–Trinajstić information content (AvgIpc) is 2.06. The van der Waals surface area contributed by atoms with Gasteiger partial charge in [0, 0.05) is 6.07 Å². The third-order valence-electron chi connectivity index (χ3n) is 1.04. The van der Waals surface area contributed by atoms with Gasteiger partial charge in [-0.25, -0.2) is 4.79 Å². The minimum atomic E-state index is -1.11. The van der Waals surface area contributed by atoms with Crippen molar-refractivity contribution in [2.45, 2.75) is 0 Å². The highest BCUT2D eigenvalue weighted by atomic mass is 35.5. The van der Waals surface area contributed by atoms with Gasteiger partial charge < -0.3 is 9.84 Å². The van der Waals surface area contributed by atoms with Gasteiger partial charge in [0.1, 0.15) is 0 Å². The molecule has 0 bridgehead atoms. The van der Waals surface area contributed by atoms with Crippen molar-refractivity contribution in [1.29, 1.82) is 0 Å². The Bertz CT molecular complexity index is 332. The molecule has 0 aliphatic carbocycles. The smallest absolute Gasteiger partial charge is 0.341 e. The predicted molar refractivity (Wildman–Crippen MR) is 45.2 cm³/mol. The zero-order valence-electron chi connectivity index (χ0n) is 6.20. The molecular formula is C6H4Cl2N2O3. The molecule has 0 aliphatic heterocycles. The number of hydrogen-bond donors (Lipinski definition) is 1. The van der Waals surface area contributed by atoms with Gasteiger partial charge in [-0.05, 0) is 0 Å². The Hall–Kier alpha value is -1.07. The number of carboxylic acid groups (broad SMARTS) is 1. The van der Waals surface area contributed by atoms with Crippen molar-refractivity contribution < 1.29 is 14.6 Å². The van der Waals surface area contributed by atoms with Crippen LogP contribution < -0.4 is 4.74 Å². The zero-order valence-corrected chi connectivity index (χ0v) is 7.71. The minimum Gasteiger partial charge on any atom is -0.479 e. The number of hydrogen-bond acceptors (Lipinski definition) is 4. The second-order valence-electron chi connectivity index (χ2n) is 2.00. The van der Waals surface area contributed by atoms with E-state index in [-0.39, 0.29) is 16.1 Å². The predicted octanol–water partition coefficient (Wildman–Crippen LogP) is 1.25. The molecule has 7 heteroatoms. The molecule has 1 heterocycles. The summed E-state index contributed by atoms with van der Waals surface area (Å²) >= 11 is 11.0. The van der Waals surface area contributed by atoms with E-state index in [0.29, 0.717) is 0 Å². The van der Waals surface area contributed by atoms with Crippen LogP contribution >= 0.6 is 23.2 Å². The van der Waals surface area contributed by atoms with Gasteiger partial charge in [-0.3, -0.25) is 0 Å². The van der Waals surface area contributed by atoms with Crippen LogP contribution in [0, 0.1) is 0 Å². The third-order valence-corrected chi connectivity index (χ3v) is 1.48. The molecule has 1 aromatic heterocycles. The van der Waals surface area contributed by atoms with Gasteiger partial charge in [0.05, 0.1) is 0 Å². The quantitative estimate of drug-likeness (QED) is 0.834. The summed E-state index contributed by atoms with van der Waals surface area (Å²) in [5, 5.41) is 15.2. The van der Waals surface area contributed by atoms with E-state index >= 15 is 0 Å². The molecule has 13 heavy (non-hydrogen) atoms. The number of carboxylic acids is 1. The number of ether oxygens (including phenoxy) is 1. The van der Waals surface area contributed by atoms with E-state index in [1.807, 2.05) is 0 Å². The van der Waals surface area contributed by atoms with E-state index in [9.17, 15) is 4.79 Å². The Balaban J connectivity index is 2.75. The number of rotatable bonds is 3. The van der Waals surface area contributed by atoms with Crippen molar-refractivity contribution >= 4 is 29.2 Å². The summed E-state index contributed by atoms with van der Waals surface area (Å²) < 4.78 is 4.76. The van der Waals surface area contributed by atoms with Gasteiger partial charge in [-0.1, -0.05) is 23.2 Å². The minimum absolute atomic E-state index is 0.0225. The Kier molecular flexibility index (Phi) is 3.27. The second-order valence-corrected chi connectivity index (χ2v) is 2.75. The summed E-state index contributed by atoms with van der Waals surface area (Å²) in [6, 6.07) is 1.29. The van der Waals surface area contributed by atoms with E-state index in [2.05, 4.69) is 10.2 Å². The Morgan fingerprint density at radius 1 is 1.54 bits per heavy atom. The molecule has 0 saturated heterocycles. The molecule has 0 amide bonds. The molecule has 0 radical (unpaired) electrons. The topological polar surface area (TPSA) is 72.3 Å². The lowest BCUT2D eigenvalue weighted by Crippen LogP contribution is -2.10. The SMILES string of the molecule is O=C(O)COc1cc(Cl)nnc1Cl. The van der Waals surface area contributed by atoms with Crippen LogP contribution in [0.4, 0.5) is 0 Å². The number of halogens is 2. The largest absolute Gasteiger partial charge is 0.479 e. The Morgan fingerprint density at radius 2 is 2.23 bits per heavy atom. The van der Waals surface area contributed by atoms with E-state index in [1.54, 1.807) is 0 Å². The standard InChI is InChI=1S/C6H4Cl2N2O3/c7-4-1-3(6(8)10-9-4)13-2-5(11)12/h1H,2H2,(H,11,12). The molecule has 70 valence electrons. The van der Waals surface area contributed by atoms with Crippen LogP contribution in [0.15, 0.2) is 6.07 Å². The molecule has 0 unspecified atom stereocenters. The highest BCUT2D eigenvalue weighted by Gasteiger charge is 2.06. The van der Waals surface area contributed by atoms with Gasteiger partial charge >= 0.3 is 5.97 Å². The maximum atomic E-state index is 10.1. The van der Waals surface area contributed by atoms with E-state index < -0.39 is 12.6 Å². The maximum Gasteiger partial charge on any atom is 0.341 e. The van der Waals surface area contributed by atoms with Gasteiger partial charge in [0.2, 0.25) is 0 Å². The molecule has 0 saturated carbocycles. The first-order valence-corrected chi connectivity index (χ1v) is 3.88. The molecule has 0 fully saturated rings. The van der Waals surface area contributed by atoms with Gasteiger partial charge in [-0.15, -0.1) is 10.2 Å². The van der Waals surface area contributed by atoms with Gasteiger partial charge in [-0.2, -0.15) is 0 Å². The molecule has 1 rings (SSSR count). The lowest BCUT2D eigenvalue weighted by Gasteiger charge is -2.03. The number of nitrogens with zero attached hydrogens (tertiary/aromatic N) is 2. The highest BCUT2D eigenvalue weighted by Crippen LogP contribution is 2.22. The van der Waals surface area contributed by atoms with Gasteiger partial charge in [0.25, 0.3) is 0 Å². The molecule has 5 nitrogen and oxygen atoms in total. The molecule has 1 N–H and O–H groups in total. The van der Waals surface area contributed by atoms with Crippen LogP contribution in [0.25, 0.3) is 0 Å². The van der Waals surface area contributed by atoms with E-state index in [0.717, 1.165) is 0 Å². The number of aromatic nitrogens is 2. The Morgan fingerprint density at radius 3 is 2.85 bits per heavy atom. The lowest BCUT2D eigenvalue weighted by atomic mass is 10.5. The fourth-order valence-corrected chi connectivity index (χ4v) is 0.862. The summed E-state index contributed by atoms with van der Waals surface area (Å²) in [6.07, 6.45) is 0. The maximum absolute atomic E-state index is 10.1. The second kappa shape index (κ2) is 4.25. The van der Waals surface area contributed by atoms with Crippen LogP contribution in [0.3, 0.4) is 0 Å². The fourth-order valence-electron chi connectivity index (χ4n) is 0.578. The first kappa shape index (κ1) is 10.0. The third kappa shape index (κ3) is 3.04. The van der Waals surface area contributed by atoms with E-state index in [1.165, 1.54) is 6.07 Å². The van der Waals surface area contributed by atoms with Crippen LogP contribution in [-0.2, 0) is 4.79 Å². The van der Waals surface area contributed by atoms with Crippen molar-refractivity contribution in [2.75, 3.05) is 6.61 Å². The summed E-state index contributed by atoms with van der Waals surface area (Å²) in [4.78, 5) is 10.1. The summed E-state index contributed by atoms with van der Waals surface area (Å²) in [6.45, 7) is -0.498. The summed E-state index contributed by atoms with van der Waals surface area (Å²) in [5.74, 6) is -1.01. The molecule has 0 aliphatic rings. The number of aliphatic carboxylic acids is 1. The average molecular weight is 223 g/mol. The monoisotopic (exact) mass is 222 g/mol. The van der Waals surface area contributed by atoms with Crippen molar-refractivity contribution in [1.82, 2.24) is 10.2 Å². The van der Waals surface area contributed by atoms with Crippen LogP contribution in [0.1, 0.15) is 0 Å². The Labute approximate surface area is 83.2 Å². The zero-order chi connectivity index (χ0) is 9.84. The van der Waals surface area contributed by atoms with Crippen molar-refractivity contribution in [2.24, 2.45) is 0 Å². The van der Waals surface area contributed by atoms with Gasteiger partial charge in [0.15, 0.2) is 22.7 Å². The summed E-state index contributed by atoms with van der Waals surface area (Å²) in [5.41, 5.74) is 0. The normalized spacial score (nSPS) is 9.69. The molecule has 1 aromatic rings. The van der Waals surface area contributed by atoms with Crippen LogP contribution in [-0.4, -0.2) is 27.9 Å². The van der Waals surface area contributed by atoms with Crippen LogP contribution in [0.2, 0.25) is 10.3 Å². The first-order chi connectivity index (χ1) is 6.09. The number of carbonyl (C=O) groups is 1. The van der Waals surface area contributed by atoms with Crippen molar-refractivity contribution in [3.05, 3.63) is 16.4 Å².